The molecule has 0 aliphatic rings. The highest BCUT2D eigenvalue weighted by Crippen LogP contribution is 2.14. The minimum Gasteiger partial charge on any atom is -0.299 e. The molecule has 0 aliphatic carbocycles. The van der Waals surface area contributed by atoms with Crippen LogP contribution in [0.25, 0.3) is 0 Å². The Bertz CT molecular complexity index is 390. The first-order valence-electron chi connectivity index (χ1n) is 5.89. The van der Waals surface area contributed by atoms with E-state index in [1.165, 1.54) is 0 Å². The summed E-state index contributed by atoms with van der Waals surface area (Å²) in [6.07, 6.45) is 1.93. The average Bonchev–Trinajstić information content (AvgIpc) is 2.42. The Hall–Kier alpha value is -0.510. The van der Waals surface area contributed by atoms with E-state index < -0.39 is 0 Å². The first-order chi connectivity index (χ1) is 7.41. The zero-order chi connectivity index (χ0) is 12.3. The fourth-order valence-electron chi connectivity index (χ4n) is 1.60. The molecule has 0 fully saturated rings. The summed E-state index contributed by atoms with van der Waals surface area (Å²) in [4.78, 5) is 11.9. The van der Waals surface area contributed by atoms with E-state index in [-0.39, 0.29) is 5.56 Å². The highest BCUT2D eigenvalue weighted by molar-refractivity contribution is 9.10. The Morgan fingerprint density at radius 1 is 1.25 bits per heavy atom. The van der Waals surface area contributed by atoms with Gasteiger partial charge < -0.3 is 0 Å². The molecule has 1 N–H and O–H groups in total. The van der Waals surface area contributed by atoms with Gasteiger partial charge in [0.05, 0.1) is 5.69 Å². The molecular weight excluding hydrogens is 268 g/mol. The van der Waals surface area contributed by atoms with Gasteiger partial charge in [-0.25, -0.2) is 0 Å². The second-order valence-electron chi connectivity index (χ2n) is 5.14. The molecule has 1 heterocycles. The normalized spacial score (nSPS) is 11.7. The standard InChI is InChI=1S/C12H21BrN2O/c1-8(2)5-6-15-12(16)11(13)10(14-15)7-9(3)4/h8-9,14H,5-7H2,1-4H3. The third kappa shape index (κ3) is 3.51. The van der Waals surface area contributed by atoms with E-state index in [1.54, 1.807) is 4.68 Å². The number of nitrogens with zero attached hydrogens (tertiary/aromatic N) is 1. The molecule has 3 nitrogen and oxygen atoms in total. The van der Waals surface area contributed by atoms with Crippen molar-refractivity contribution in [3.05, 3.63) is 20.5 Å². The van der Waals surface area contributed by atoms with Crippen LogP contribution in [-0.4, -0.2) is 9.78 Å². The molecule has 0 aromatic carbocycles. The molecule has 0 unspecified atom stereocenters. The van der Waals surface area contributed by atoms with Gasteiger partial charge in [0.25, 0.3) is 5.56 Å². The van der Waals surface area contributed by atoms with Crippen LogP contribution in [0.4, 0.5) is 0 Å². The Morgan fingerprint density at radius 2 is 1.88 bits per heavy atom. The minimum atomic E-state index is 0.0660. The molecule has 0 aliphatic heterocycles. The topological polar surface area (TPSA) is 37.8 Å². The first-order valence-corrected chi connectivity index (χ1v) is 6.68. The molecule has 0 atom stereocenters. The number of rotatable bonds is 5. The first kappa shape index (κ1) is 13.6. The van der Waals surface area contributed by atoms with Crippen LogP contribution in [0.5, 0.6) is 0 Å². The maximum Gasteiger partial charge on any atom is 0.281 e. The number of aromatic amines is 1. The molecule has 92 valence electrons. The van der Waals surface area contributed by atoms with E-state index in [1.807, 2.05) is 0 Å². The predicted molar refractivity (Wildman–Crippen MR) is 70.7 cm³/mol. The van der Waals surface area contributed by atoms with Crippen molar-refractivity contribution in [2.45, 2.75) is 47.1 Å². The number of nitrogens with one attached hydrogen (secondary N) is 1. The molecule has 1 rings (SSSR count). The molecule has 1 aromatic heterocycles. The fourth-order valence-corrected chi connectivity index (χ4v) is 2.06. The summed E-state index contributed by atoms with van der Waals surface area (Å²) in [5, 5.41) is 3.19. The van der Waals surface area contributed by atoms with E-state index in [9.17, 15) is 4.79 Å². The summed E-state index contributed by atoms with van der Waals surface area (Å²) in [7, 11) is 0. The predicted octanol–water partition coefficient (Wildman–Crippen LogP) is 3.18. The van der Waals surface area contributed by atoms with Gasteiger partial charge in [-0.2, -0.15) is 0 Å². The minimum absolute atomic E-state index is 0.0660. The molecule has 0 saturated heterocycles. The van der Waals surface area contributed by atoms with Crippen molar-refractivity contribution in [3.8, 4) is 0 Å². The van der Waals surface area contributed by atoms with Crippen LogP contribution in [0, 0.1) is 11.8 Å². The van der Waals surface area contributed by atoms with Crippen LogP contribution in [-0.2, 0) is 13.0 Å². The quantitative estimate of drug-likeness (QED) is 0.888. The van der Waals surface area contributed by atoms with Crippen molar-refractivity contribution < 1.29 is 0 Å². The van der Waals surface area contributed by atoms with Gasteiger partial charge >= 0.3 is 0 Å². The molecule has 0 saturated carbocycles. The van der Waals surface area contributed by atoms with Gasteiger partial charge in [0, 0.05) is 6.54 Å². The zero-order valence-corrected chi connectivity index (χ0v) is 12.1. The maximum atomic E-state index is 11.9. The van der Waals surface area contributed by atoms with Gasteiger partial charge in [0.15, 0.2) is 0 Å². The zero-order valence-electron chi connectivity index (χ0n) is 10.5. The summed E-state index contributed by atoms with van der Waals surface area (Å²) in [5.74, 6) is 1.16. The second-order valence-corrected chi connectivity index (χ2v) is 5.93. The van der Waals surface area contributed by atoms with E-state index in [0.29, 0.717) is 16.3 Å². The van der Waals surface area contributed by atoms with Crippen LogP contribution >= 0.6 is 15.9 Å². The smallest absolute Gasteiger partial charge is 0.281 e. The van der Waals surface area contributed by atoms with Crippen LogP contribution in [0.1, 0.15) is 39.8 Å². The van der Waals surface area contributed by atoms with E-state index in [2.05, 4.69) is 48.7 Å². The monoisotopic (exact) mass is 288 g/mol. The molecular formula is C12H21BrN2O. The molecule has 0 radical (unpaired) electrons. The van der Waals surface area contributed by atoms with Crippen LogP contribution < -0.4 is 5.56 Å². The molecule has 4 heteroatoms. The van der Waals surface area contributed by atoms with E-state index in [0.717, 1.165) is 25.1 Å². The number of aryl methyl sites for hydroxylation is 1. The molecule has 0 spiro atoms. The lowest BCUT2D eigenvalue weighted by molar-refractivity contribution is 0.474. The lowest BCUT2D eigenvalue weighted by Gasteiger charge is -2.05. The average molecular weight is 289 g/mol. The number of aromatic nitrogens is 2. The number of hydrogen-bond acceptors (Lipinski definition) is 1. The van der Waals surface area contributed by atoms with Gasteiger partial charge in [-0.15, -0.1) is 0 Å². The molecule has 1 aromatic rings. The number of hydrogen-bond donors (Lipinski definition) is 1. The Balaban J connectivity index is 2.83. The van der Waals surface area contributed by atoms with Crippen molar-refractivity contribution in [1.82, 2.24) is 9.78 Å². The van der Waals surface area contributed by atoms with Crippen molar-refractivity contribution >= 4 is 15.9 Å². The van der Waals surface area contributed by atoms with E-state index in [4.69, 9.17) is 0 Å². The number of H-pyrrole nitrogens is 1. The van der Waals surface area contributed by atoms with Gasteiger partial charge in [-0.3, -0.25) is 14.6 Å². The molecule has 16 heavy (non-hydrogen) atoms. The Labute approximate surface area is 105 Å². The SMILES string of the molecule is CC(C)CCn1[nH]c(CC(C)C)c(Br)c1=O. The summed E-state index contributed by atoms with van der Waals surface area (Å²) < 4.78 is 2.41. The van der Waals surface area contributed by atoms with Crippen molar-refractivity contribution in [3.63, 3.8) is 0 Å². The second kappa shape index (κ2) is 5.71. The third-order valence-electron chi connectivity index (χ3n) is 2.51. The highest BCUT2D eigenvalue weighted by Gasteiger charge is 2.12. The maximum absolute atomic E-state index is 11.9. The van der Waals surface area contributed by atoms with Gasteiger partial charge in [-0.05, 0) is 40.6 Å². The lowest BCUT2D eigenvalue weighted by Crippen LogP contribution is -2.17. The summed E-state index contributed by atoms with van der Waals surface area (Å²) in [5.41, 5.74) is 1.08. The Kier molecular flexibility index (Phi) is 4.84. The van der Waals surface area contributed by atoms with Crippen LogP contribution in [0.2, 0.25) is 0 Å². The van der Waals surface area contributed by atoms with Crippen molar-refractivity contribution in [2.24, 2.45) is 11.8 Å². The van der Waals surface area contributed by atoms with Crippen LogP contribution in [0.3, 0.4) is 0 Å². The molecule has 0 bridgehead atoms. The summed E-state index contributed by atoms with van der Waals surface area (Å²) >= 11 is 3.37. The van der Waals surface area contributed by atoms with Gasteiger partial charge in [-0.1, -0.05) is 27.7 Å². The van der Waals surface area contributed by atoms with Crippen LogP contribution in [0.15, 0.2) is 9.27 Å². The van der Waals surface area contributed by atoms with Gasteiger partial charge in [0.2, 0.25) is 0 Å². The lowest BCUT2D eigenvalue weighted by atomic mass is 10.1. The Morgan fingerprint density at radius 3 is 2.38 bits per heavy atom. The molecule has 0 amide bonds. The fraction of sp³-hybridized carbons (Fsp3) is 0.750. The summed E-state index contributed by atoms with van der Waals surface area (Å²) in [6.45, 7) is 9.40. The van der Waals surface area contributed by atoms with Crippen molar-refractivity contribution in [2.75, 3.05) is 0 Å². The summed E-state index contributed by atoms with van der Waals surface area (Å²) in [6, 6.07) is 0. The highest BCUT2D eigenvalue weighted by atomic mass is 79.9. The van der Waals surface area contributed by atoms with Crippen molar-refractivity contribution in [1.29, 1.82) is 0 Å². The third-order valence-corrected chi connectivity index (χ3v) is 3.33. The number of halogens is 1. The van der Waals surface area contributed by atoms with E-state index >= 15 is 0 Å². The van der Waals surface area contributed by atoms with Gasteiger partial charge in [0.1, 0.15) is 4.47 Å². The largest absolute Gasteiger partial charge is 0.299 e.